The number of amides is 1. The van der Waals surface area contributed by atoms with Gasteiger partial charge in [-0.15, -0.1) is 11.3 Å². The lowest BCUT2D eigenvalue weighted by Crippen LogP contribution is -2.41. The fourth-order valence-electron chi connectivity index (χ4n) is 2.52. The number of halogens is 1. The number of thiophene rings is 1. The van der Waals surface area contributed by atoms with Gasteiger partial charge in [0.1, 0.15) is 0 Å². The van der Waals surface area contributed by atoms with Gasteiger partial charge in [0.05, 0.1) is 10.6 Å². The third kappa shape index (κ3) is 7.61. The van der Waals surface area contributed by atoms with Gasteiger partial charge in [0, 0.05) is 31.1 Å². The first kappa shape index (κ1) is 21.3. The molecule has 2 rings (SSSR count). The number of carbonyl (C=O) groups excluding carboxylic acids is 1. The molecule has 1 heterocycles. The van der Waals surface area contributed by atoms with Gasteiger partial charge in [-0.2, -0.15) is 0 Å². The Morgan fingerprint density at radius 2 is 1.93 bits per heavy atom. The number of nitrogens with zero attached hydrogens (tertiary/aromatic N) is 1. The summed E-state index contributed by atoms with van der Waals surface area (Å²) in [6, 6.07) is 11.3. The lowest BCUT2D eigenvalue weighted by Gasteiger charge is -2.14. The number of guanidine groups is 1. The van der Waals surface area contributed by atoms with Crippen LogP contribution in [0.5, 0.6) is 0 Å². The van der Waals surface area contributed by atoms with Crippen molar-refractivity contribution in [1.29, 1.82) is 0 Å². The van der Waals surface area contributed by atoms with E-state index in [4.69, 9.17) is 11.6 Å². The first-order valence-corrected chi connectivity index (χ1v) is 10.4. The van der Waals surface area contributed by atoms with E-state index in [1.54, 1.807) is 35.6 Å². The van der Waals surface area contributed by atoms with Crippen molar-refractivity contribution in [3.05, 3.63) is 57.2 Å². The molecule has 0 fully saturated rings. The second-order valence-electron chi connectivity index (χ2n) is 6.27. The van der Waals surface area contributed by atoms with Crippen molar-refractivity contribution in [2.45, 2.75) is 20.3 Å². The average Bonchev–Trinajstić information content (AvgIpc) is 3.16. The molecule has 1 atom stereocenters. The molecule has 7 heteroatoms. The molecule has 0 radical (unpaired) electrons. The molecule has 0 saturated carbocycles. The molecule has 0 aliphatic rings. The quantitative estimate of drug-likeness (QED) is 0.339. The van der Waals surface area contributed by atoms with Gasteiger partial charge in [0.2, 0.25) is 0 Å². The summed E-state index contributed by atoms with van der Waals surface area (Å²) in [4.78, 5) is 18.2. The minimum Gasteiger partial charge on any atom is -0.357 e. The SMILES string of the molecule is CCNC(=NCC(C)Cc1cccs1)NCCNC(=O)c1ccccc1Cl. The summed E-state index contributed by atoms with van der Waals surface area (Å²) >= 11 is 7.83. The van der Waals surface area contributed by atoms with Crippen molar-refractivity contribution < 1.29 is 4.79 Å². The largest absolute Gasteiger partial charge is 0.357 e. The molecule has 2 aromatic rings. The molecule has 0 spiro atoms. The fourth-order valence-corrected chi connectivity index (χ4v) is 3.61. The highest BCUT2D eigenvalue weighted by atomic mass is 35.5. The highest BCUT2D eigenvalue weighted by molar-refractivity contribution is 7.09. The number of carbonyl (C=O) groups is 1. The van der Waals surface area contributed by atoms with Crippen molar-refractivity contribution >= 4 is 34.8 Å². The van der Waals surface area contributed by atoms with E-state index < -0.39 is 0 Å². The van der Waals surface area contributed by atoms with E-state index in [-0.39, 0.29) is 5.91 Å². The Bertz CT molecular complexity index is 733. The summed E-state index contributed by atoms with van der Waals surface area (Å²) < 4.78 is 0. The van der Waals surface area contributed by atoms with Gasteiger partial charge >= 0.3 is 0 Å². The molecule has 1 aromatic heterocycles. The van der Waals surface area contributed by atoms with Crippen molar-refractivity contribution in [1.82, 2.24) is 16.0 Å². The first-order chi connectivity index (χ1) is 13.1. The van der Waals surface area contributed by atoms with Gasteiger partial charge in [-0.1, -0.05) is 36.7 Å². The molecular formula is C20H27ClN4OS. The van der Waals surface area contributed by atoms with Gasteiger partial charge in [0.15, 0.2) is 5.96 Å². The smallest absolute Gasteiger partial charge is 0.252 e. The maximum Gasteiger partial charge on any atom is 0.252 e. The molecule has 0 saturated heterocycles. The number of hydrogen-bond acceptors (Lipinski definition) is 3. The zero-order valence-electron chi connectivity index (χ0n) is 15.8. The monoisotopic (exact) mass is 406 g/mol. The zero-order chi connectivity index (χ0) is 19.5. The lowest BCUT2D eigenvalue weighted by atomic mass is 10.1. The molecule has 0 aliphatic heterocycles. The number of nitrogens with one attached hydrogen (secondary N) is 3. The van der Waals surface area contributed by atoms with Crippen LogP contribution < -0.4 is 16.0 Å². The third-order valence-electron chi connectivity index (χ3n) is 3.86. The van der Waals surface area contributed by atoms with E-state index in [9.17, 15) is 4.79 Å². The predicted molar refractivity (Wildman–Crippen MR) is 115 cm³/mol. The van der Waals surface area contributed by atoms with E-state index >= 15 is 0 Å². The van der Waals surface area contributed by atoms with E-state index in [2.05, 4.69) is 45.4 Å². The molecule has 3 N–H and O–H groups in total. The number of benzene rings is 1. The van der Waals surface area contributed by atoms with Crippen LogP contribution in [0.3, 0.4) is 0 Å². The number of aliphatic imine (C=N–C) groups is 1. The van der Waals surface area contributed by atoms with Crippen molar-refractivity contribution in [2.75, 3.05) is 26.2 Å². The van der Waals surface area contributed by atoms with E-state index in [1.807, 2.05) is 6.92 Å². The summed E-state index contributed by atoms with van der Waals surface area (Å²) in [5.74, 6) is 1.07. The molecule has 146 valence electrons. The first-order valence-electron chi connectivity index (χ1n) is 9.17. The van der Waals surface area contributed by atoms with E-state index in [0.29, 0.717) is 29.6 Å². The van der Waals surface area contributed by atoms with Gasteiger partial charge in [-0.3, -0.25) is 9.79 Å². The number of hydrogen-bond donors (Lipinski definition) is 3. The Labute approximate surface area is 170 Å². The zero-order valence-corrected chi connectivity index (χ0v) is 17.4. The highest BCUT2D eigenvalue weighted by Gasteiger charge is 2.09. The fraction of sp³-hybridized carbons (Fsp3) is 0.400. The maximum atomic E-state index is 12.1. The normalized spacial score (nSPS) is 12.5. The summed E-state index contributed by atoms with van der Waals surface area (Å²) in [7, 11) is 0. The molecule has 5 nitrogen and oxygen atoms in total. The van der Waals surface area contributed by atoms with Crippen LogP contribution in [0.25, 0.3) is 0 Å². The van der Waals surface area contributed by atoms with E-state index in [0.717, 1.165) is 25.5 Å². The standard InChI is InChI=1S/C20H27ClN4OS/c1-3-22-20(25-14-15(2)13-16-7-6-12-27-16)24-11-10-23-19(26)17-8-4-5-9-18(17)21/h4-9,12,15H,3,10-11,13-14H2,1-2H3,(H,23,26)(H2,22,24,25). The lowest BCUT2D eigenvalue weighted by molar-refractivity contribution is 0.0954. The van der Waals surface area contributed by atoms with Crippen LogP contribution in [0.4, 0.5) is 0 Å². The van der Waals surface area contributed by atoms with Crippen molar-refractivity contribution in [3.8, 4) is 0 Å². The van der Waals surface area contributed by atoms with Crippen LogP contribution in [0.1, 0.15) is 29.1 Å². The van der Waals surface area contributed by atoms with Gasteiger partial charge in [-0.25, -0.2) is 0 Å². The third-order valence-corrected chi connectivity index (χ3v) is 5.08. The van der Waals surface area contributed by atoms with Gasteiger partial charge in [0.25, 0.3) is 5.91 Å². The summed E-state index contributed by atoms with van der Waals surface area (Å²) in [6.07, 6.45) is 1.04. The Morgan fingerprint density at radius 3 is 2.63 bits per heavy atom. The minimum atomic E-state index is -0.172. The molecule has 1 aromatic carbocycles. The van der Waals surface area contributed by atoms with Crippen LogP contribution in [-0.2, 0) is 6.42 Å². The predicted octanol–water partition coefficient (Wildman–Crippen LogP) is 3.57. The molecule has 0 bridgehead atoms. The van der Waals surface area contributed by atoms with Crippen LogP contribution >= 0.6 is 22.9 Å². The van der Waals surface area contributed by atoms with Crippen molar-refractivity contribution in [2.24, 2.45) is 10.9 Å². The Balaban J connectivity index is 1.75. The molecule has 1 amide bonds. The molecule has 27 heavy (non-hydrogen) atoms. The minimum absolute atomic E-state index is 0.172. The Morgan fingerprint density at radius 1 is 1.15 bits per heavy atom. The maximum absolute atomic E-state index is 12.1. The number of rotatable bonds is 9. The summed E-state index contributed by atoms with van der Waals surface area (Å²) in [5, 5.41) is 11.9. The average molecular weight is 407 g/mol. The molecule has 1 unspecified atom stereocenters. The summed E-state index contributed by atoms with van der Waals surface area (Å²) in [5.41, 5.74) is 0.488. The Kier molecular flexibility index (Phi) is 9.15. The molecular weight excluding hydrogens is 380 g/mol. The molecule has 0 aliphatic carbocycles. The van der Waals surface area contributed by atoms with Crippen LogP contribution in [0.2, 0.25) is 5.02 Å². The topological polar surface area (TPSA) is 65.5 Å². The second-order valence-corrected chi connectivity index (χ2v) is 7.71. The van der Waals surface area contributed by atoms with Gasteiger partial charge in [-0.05, 0) is 42.8 Å². The van der Waals surface area contributed by atoms with Crippen LogP contribution in [-0.4, -0.2) is 38.0 Å². The Hall–Kier alpha value is -2.05. The van der Waals surface area contributed by atoms with Crippen molar-refractivity contribution in [3.63, 3.8) is 0 Å². The second kappa shape index (κ2) is 11.6. The van der Waals surface area contributed by atoms with Gasteiger partial charge < -0.3 is 16.0 Å². The van der Waals surface area contributed by atoms with Crippen LogP contribution in [0, 0.1) is 5.92 Å². The highest BCUT2D eigenvalue weighted by Crippen LogP contribution is 2.15. The van der Waals surface area contributed by atoms with E-state index in [1.165, 1.54) is 4.88 Å². The summed E-state index contributed by atoms with van der Waals surface area (Å²) in [6.45, 7) is 6.85. The van der Waals surface area contributed by atoms with Crippen LogP contribution in [0.15, 0.2) is 46.8 Å².